The molecule has 4 rings (SSSR count). The van der Waals surface area contributed by atoms with Crippen LogP contribution in [0.25, 0.3) is 0 Å². The van der Waals surface area contributed by atoms with Crippen molar-refractivity contribution >= 4 is 5.97 Å². The van der Waals surface area contributed by atoms with Crippen LogP contribution in [0.3, 0.4) is 0 Å². The fourth-order valence-corrected chi connectivity index (χ4v) is 9.05. The summed E-state index contributed by atoms with van der Waals surface area (Å²) in [4.78, 5) is 12.0. The molecule has 172 valence electrons. The Morgan fingerprint density at radius 2 is 1.77 bits per heavy atom. The minimum absolute atomic E-state index is 0.00200. The molecule has 3 nitrogen and oxygen atoms in total. The van der Waals surface area contributed by atoms with Gasteiger partial charge in [-0.2, -0.15) is 0 Å². The van der Waals surface area contributed by atoms with Crippen molar-refractivity contribution in [1.29, 1.82) is 0 Å². The van der Waals surface area contributed by atoms with Crippen molar-refractivity contribution in [3.63, 3.8) is 0 Å². The smallest absolute Gasteiger partial charge is 0.305 e. The van der Waals surface area contributed by atoms with E-state index in [9.17, 15) is 9.90 Å². The van der Waals surface area contributed by atoms with E-state index in [1.807, 2.05) is 0 Å². The van der Waals surface area contributed by atoms with Gasteiger partial charge in [-0.25, -0.2) is 0 Å². The third-order valence-corrected chi connectivity index (χ3v) is 10.7. The maximum atomic E-state index is 12.0. The topological polar surface area (TPSA) is 46.5 Å². The number of ether oxygens (including phenoxy) is 1. The third kappa shape index (κ3) is 3.86. The van der Waals surface area contributed by atoms with E-state index in [4.69, 9.17) is 4.74 Å². The predicted octanol–water partition coefficient (Wildman–Crippen LogP) is 6.38. The Labute approximate surface area is 184 Å². The van der Waals surface area contributed by atoms with Crippen LogP contribution in [0.1, 0.15) is 105 Å². The molecule has 4 aliphatic carbocycles. The molecule has 30 heavy (non-hydrogen) atoms. The quantitative estimate of drug-likeness (QED) is 0.509. The van der Waals surface area contributed by atoms with E-state index in [1.54, 1.807) is 0 Å². The van der Waals surface area contributed by atoms with Gasteiger partial charge in [-0.1, -0.05) is 27.7 Å². The van der Waals surface area contributed by atoms with Crippen LogP contribution in [0.4, 0.5) is 0 Å². The second kappa shape index (κ2) is 8.75. The summed E-state index contributed by atoms with van der Waals surface area (Å²) in [6, 6.07) is 0. The molecule has 3 heteroatoms. The first-order chi connectivity index (χ1) is 14.3. The van der Waals surface area contributed by atoms with Crippen LogP contribution in [0.15, 0.2) is 0 Å². The van der Waals surface area contributed by atoms with Gasteiger partial charge in [-0.3, -0.25) is 4.79 Å². The van der Waals surface area contributed by atoms with Crippen LogP contribution in [-0.2, 0) is 9.53 Å². The lowest BCUT2D eigenvalue weighted by molar-refractivity contribution is -0.144. The Kier molecular flexibility index (Phi) is 6.60. The standard InChI is InChI=1S/C27H46O3/c1-5-16-30-25(29)11-6-18(2)22-9-10-23-21-8-7-19-17-20(28)12-14-26(19,3)24(21)13-15-27(22,23)4/h18-24,28H,5-17H2,1-4H3/t18-,19-,20-,21+,22-,23+,24+,26+,27-/m1/s1. The van der Waals surface area contributed by atoms with Gasteiger partial charge < -0.3 is 9.84 Å². The number of hydrogen-bond acceptors (Lipinski definition) is 3. The molecule has 0 spiro atoms. The van der Waals surface area contributed by atoms with Crippen LogP contribution < -0.4 is 0 Å². The Bertz CT molecular complexity index is 617. The van der Waals surface area contributed by atoms with Gasteiger partial charge in [-0.15, -0.1) is 0 Å². The van der Waals surface area contributed by atoms with Crippen LogP contribution in [0.5, 0.6) is 0 Å². The SMILES string of the molecule is CCCOC(=O)CC[C@@H](C)[C@H]1CC[C@H]2[C@@H]3CC[C@@H]4C[C@H](O)CC[C@]4(C)[C@H]3CC[C@]12C. The normalized spacial score (nSPS) is 46.4. The van der Waals surface area contributed by atoms with Gasteiger partial charge in [0.05, 0.1) is 12.7 Å². The Morgan fingerprint density at radius 3 is 2.53 bits per heavy atom. The highest BCUT2D eigenvalue weighted by Gasteiger charge is 2.60. The molecule has 0 aliphatic heterocycles. The van der Waals surface area contributed by atoms with E-state index in [0.29, 0.717) is 29.8 Å². The first-order valence-corrected chi connectivity index (χ1v) is 13.1. The number of rotatable bonds is 6. The number of carbonyl (C=O) groups excluding carboxylic acids is 1. The highest BCUT2D eigenvalue weighted by molar-refractivity contribution is 5.69. The maximum Gasteiger partial charge on any atom is 0.305 e. The first-order valence-electron chi connectivity index (χ1n) is 13.1. The Morgan fingerprint density at radius 1 is 1.03 bits per heavy atom. The molecular weight excluding hydrogens is 372 g/mol. The van der Waals surface area contributed by atoms with Crippen LogP contribution in [0.2, 0.25) is 0 Å². The van der Waals surface area contributed by atoms with Gasteiger partial charge in [0.2, 0.25) is 0 Å². The molecule has 4 saturated carbocycles. The van der Waals surface area contributed by atoms with E-state index >= 15 is 0 Å². The van der Waals surface area contributed by atoms with Gasteiger partial charge in [0.1, 0.15) is 0 Å². The first kappa shape index (κ1) is 22.6. The van der Waals surface area contributed by atoms with Crippen molar-refractivity contribution in [3.8, 4) is 0 Å². The summed E-state index contributed by atoms with van der Waals surface area (Å²) in [5.74, 6) is 4.77. The zero-order valence-electron chi connectivity index (χ0n) is 20.0. The molecule has 0 unspecified atom stereocenters. The average Bonchev–Trinajstić information content (AvgIpc) is 3.08. The van der Waals surface area contributed by atoms with Crippen molar-refractivity contribution < 1.29 is 14.6 Å². The molecule has 0 amide bonds. The summed E-state index contributed by atoms with van der Waals surface area (Å²) in [6.07, 6.45) is 14.0. The summed E-state index contributed by atoms with van der Waals surface area (Å²) in [5.41, 5.74) is 0.932. The summed E-state index contributed by atoms with van der Waals surface area (Å²) < 4.78 is 5.32. The second-order valence-corrected chi connectivity index (χ2v) is 12.0. The zero-order valence-corrected chi connectivity index (χ0v) is 20.0. The Hall–Kier alpha value is -0.570. The number of aliphatic hydroxyl groups excluding tert-OH is 1. The largest absolute Gasteiger partial charge is 0.466 e. The fraction of sp³-hybridized carbons (Fsp3) is 0.963. The summed E-state index contributed by atoms with van der Waals surface area (Å²) >= 11 is 0. The highest BCUT2D eigenvalue weighted by Crippen LogP contribution is 2.68. The molecule has 4 fully saturated rings. The number of fused-ring (bicyclic) bond motifs is 5. The monoisotopic (exact) mass is 418 g/mol. The second-order valence-electron chi connectivity index (χ2n) is 12.0. The van der Waals surface area contributed by atoms with Crippen molar-refractivity contribution in [2.45, 2.75) is 111 Å². The predicted molar refractivity (Wildman–Crippen MR) is 121 cm³/mol. The highest BCUT2D eigenvalue weighted by atomic mass is 16.5. The molecular formula is C27H46O3. The molecule has 4 aliphatic rings. The number of aliphatic hydroxyl groups is 1. The Balaban J connectivity index is 1.42. The van der Waals surface area contributed by atoms with Crippen molar-refractivity contribution in [2.75, 3.05) is 6.61 Å². The average molecular weight is 419 g/mol. The van der Waals surface area contributed by atoms with E-state index in [1.165, 1.54) is 44.9 Å². The minimum atomic E-state index is -0.0470. The molecule has 0 aromatic carbocycles. The molecule has 0 heterocycles. The van der Waals surface area contributed by atoms with Crippen LogP contribution >= 0.6 is 0 Å². The van der Waals surface area contributed by atoms with Crippen LogP contribution in [-0.4, -0.2) is 23.8 Å². The maximum absolute atomic E-state index is 12.0. The fourth-order valence-electron chi connectivity index (χ4n) is 9.05. The minimum Gasteiger partial charge on any atom is -0.466 e. The van der Waals surface area contributed by atoms with Gasteiger partial charge in [0.25, 0.3) is 0 Å². The van der Waals surface area contributed by atoms with Crippen molar-refractivity contribution in [3.05, 3.63) is 0 Å². The summed E-state index contributed by atoms with van der Waals surface area (Å²) in [6.45, 7) is 10.2. The third-order valence-electron chi connectivity index (χ3n) is 10.7. The summed E-state index contributed by atoms with van der Waals surface area (Å²) in [7, 11) is 0. The number of hydrogen-bond donors (Lipinski definition) is 1. The molecule has 0 saturated heterocycles. The lowest BCUT2D eigenvalue weighted by Crippen LogP contribution is -2.54. The molecule has 0 aromatic heterocycles. The summed E-state index contributed by atoms with van der Waals surface area (Å²) in [5, 5.41) is 10.2. The van der Waals surface area contributed by atoms with E-state index in [2.05, 4.69) is 27.7 Å². The molecule has 0 bridgehead atoms. The lowest BCUT2D eigenvalue weighted by atomic mass is 9.44. The van der Waals surface area contributed by atoms with E-state index < -0.39 is 0 Å². The van der Waals surface area contributed by atoms with Crippen molar-refractivity contribution in [1.82, 2.24) is 0 Å². The number of carbonyl (C=O) groups is 1. The van der Waals surface area contributed by atoms with Crippen molar-refractivity contribution in [2.24, 2.45) is 46.3 Å². The molecule has 0 radical (unpaired) electrons. The van der Waals surface area contributed by atoms with Gasteiger partial charge in [-0.05, 0) is 117 Å². The molecule has 9 atom stereocenters. The lowest BCUT2D eigenvalue weighted by Gasteiger charge is -2.61. The van der Waals surface area contributed by atoms with Gasteiger partial charge >= 0.3 is 5.97 Å². The molecule has 1 N–H and O–H groups in total. The molecule has 0 aromatic rings. The van der Waals surface area contributed by atoms with Gasteiger partial charge in [0, 0.05) is 6.42 Å². The number of esters is 1. The van der Waals surface area contributed by atoms with Crippen LogP contribution in [0, 0.1) is 46.3 Å². The zero-order chi connectivity index (χ0) is 21.5. The van der Waals surface area contributed by atoms with Gasteiger partial charge in [0.15, 0.2) is 0 Å². The van der Waals surface area contributed by atoms with E-state index in [-0.39, 0.29) is 12.1 Å². The van der Waals surface area contributed by atoms with E-state index in [0.717, 1.165) is 55.3 Å².